The van der Waals surface area contributed by atoms with Crippen LogP contribution in [0.1, 0.15) is 43.1 Å². The van der Waals surface area contributed by atoms with Crippen LogP contribution in [0.15, 0.2) is 24.3 Å². The van der Waals surface area contributed by atoms with Gasteiger partial charge in [-0.25, -0.2) is 0 Å². The zero-order valence-corrected chi connectivity index (χ0v) is 16.9. The van der Waals surface area contributed by atoms with Gasteiger partial charge in [-0.05, 0) is 44.5 Å². The number of ether oxygens (including phenoxy) is 1. The SMILES string of the molecule is CCCN(CCOC)Cc1ccc(C(=O)N2CCN(C(C)C)CC2)cc1. The molecule has 0 bridgehead atoms. The van der Waals surface area contributed by atoms with Crippen molar-refractivity contribution < 1.29 is 9.53 Å². The second-order valence-electron chi connectivity index (χ2n) is 7.39. The van der Waals surface area contributed by atoms with Crippen LogP contribution in [0.3, 0.4) is 0 Å². The molecule has 0 spiro atoms. The predicted molar refractivity (Wildman–Crippen MR) is 106 cm³/mol. The van der Waals surface area contributed by atoms with Gasteiger partial charge in [-0.15, -0.1) is 0 Å². The maximum Gasteiger partial charge on any atom is 0.253 e. The molecule has 0 aliphatic carbocycles. The molecule has 0 aromatic heterocycles. The average Bonchev–Trinajstić information content (AvgIpc) is 2.66. The maximum absolute atomic E-state index is 12.7. The highest BCUT2D eigenvalue weighted by molar-refractivity contribution is 5.94. The molecule has 1 aromatic carbocycles. The zero-order valence-electron chi connectivity index (χ0n) is 16.9. The summed E-state index contributed by atoms with van der Waals surface area (Å²) in [5, 5.41) is 0. The molecule has 0 atom stereocenters. The van der Waals surface area contributed by atoms with Gasteiger partial charge in [0.1, 0.15) is 0 Å². The van der Waals surface area contributed by atoms with Crippen LogP contribution in [-0.4, -0.2) is 79.6 Å². The Morgan fingerprint density at radius 3 is 2.31 bits per heavy atom. The number of rotatable bonds is 9. The smallest absolute Gasteiger partial charge is 0.253 e. The summed E-state index contributed by atoms with van der Waals surface area (Å²) in [5.74, 6) is 0.157. The fourth-order valence-corrected chi connectivity index (χ4v) is 3.44. The number of nitrogens with zero attached hydrogens (tertiary/aromatic N) is 3. The lowest BCUT2D eigenvalue weighted by Gasteiger charge is -2.37. The van der Waals surface area contributed by atoms with Gasteiger partial charge in [0, 0.05) is 58.0 Å². The normalized spacial score (nSPS) is 15.8. The first-order chi connectivity index (χ1) is 12.5. The molecular weight excluding hydrogens is 326 g/mol. The van der Waals surface area contributed by atoms with Crippen molar-refractivity contribution in [2.45, 2.75) is 39.8 Å². The number of carbonyl (C=O) groups is 1. The van der Waals surface area contributed by atoms with E-state index in [4.69, 9.17) is 4.74 Å². The van der Waals surface area contributed by atoms with Crippen LogP contribution in [0.5, 0.6) is 0 Å². The topological polar surface area (TPSA) is 36.0 Å². The van der Waals surface area contributed by atoms with Gasteiger partial charge < -0.3 is 9.64 Å². The molecule has 0 unspecified atom stereocenters. The molecule has 1 aromatic rings. The first-order valence-corrected chi connectivity index (χ1v) is 9.88. The van der Waals surface area contributed by atoms with E-state index in [0.29, 0.717) is 6.04 Å². The van der Waals surface area contributed by atoms with Gasteiger partial charge in [-0.2, -0.15) is 0 Å². The van der Waals surface area contributed by atoms with E-state index in [0.717, 1.165) is 64.4 Å². The third-order valence-corrected chi connectivity index (χ3v) is 5.09. The zero-order chi connectivity index (χ0) is 18.9. The van der Waals surface area contributed by atoms with E-state index in [1.165, 1.54) is 5.56 Å². The Balaban J connectivity index is 1.90. The maximum atomic E-state index is 12.7. The average molecular weight is 362 g/mol. The van der Waals surface area contributed by atoms with Crippen molar-refractivity contribution in [3.8, 4) is 0 Å². The van der Waals surface area contributed by atoms with Crippen molar-refractivity contribution in [2.24, 2.45) is 0 Å². The summed E-state index contributed by atoms with van der Waals surface area (Å²) < 4.78 is 5.20. The second kappa shape index (κ2) is 10.7. The number of carbonyl (C=O) groups excluding carboxylic acids is 1. The Labute approximate surface area is 158 Å². The first-order valence-electron chi connectivity index (χ1n) is 9.88. The molecule has 0 radical (unpaired) electrons. The Morgan fingerprint density at radius 2 is 1.77 bits per heavy atom. The van der Waals surface area contributed by atoms with Crippen molar-refractivity contribution in [3.63, 3.8) is 0 Å². The summed E-state index contributed by atoms with van der Waals surface area (Å²) in [4.78, 5) is 19.5. The van der Waals surface area contributed by atoms with E-state index in [9.17, 15) is 4.79 Å². The molecule has 5 nitrogen and oxygen atoms in total. The summed E-state index contributed by atoms with van der Waals surface area (Å²) in [6.45, 7) is 13.8. The Hall–Kier alpha value is -1.43. The van der Waals surface area contributed by atoms with Crippen molar-refractivity contribution in [3.05, 3.63) is 35.4 Å². The molecular formula is C21H35N3O2. The quantitative estimate of drug-likeness (QED) is 0.678. The van der Waals surface area contributed by atoms with Crippen molar-refractivity contribution in [1.29, 1.82) is 0 Å². The molecule has 1 amide bonds. The molecule has 1 saturated heterocycles. The number of piperazine rings is 1. The van der Waals surface area contributed by atoms with Crippen LogP contribution in [0.4, 0.5) is 0 Å². The highest BCUT2D eigenvalue weighted by Gasteiger charge is 2.23. The monoisotopic (exact) mass is 361 g/mol. The molecule has 26 heavy (non-hydrogen) atoms. The number of amides is 1. The summed E-state index contributed by atoms with van der Waals surface area (Å²) in [6, 6.07) is 8.69. The van der Waals surface area contributed by atoms with E-state index in [-0.39, 0.29) is 5.91 Å². The summed E-state index contributed by atoms with van der Waals surface area (Å²) in [7, 11) is 1.74. The van der Waals surface area contributed by atoms with Gasteiger partial charge >= 0.3 is 0 Å². The molecule has 146 valence electrons. The number of benzene rings is 1. The Morgan fingerprint density at radius 1 is 1.12 bits per heavy atom. The molecule has 0 N–H and O–H groups in total. The van der Waals surface area contributed by atoms with Crippen molar-refractivity contribution in [2.75, 3.05) is 53.0 Å². The lowest BCUT2D eigenvalue weighted by molar-refractivity contribution is 0.0595. The van der Waals surface area contributed by atoms with Crippen LogP contribution in [0.25, 0.3) is 0 Å². The standard InChI is InChI=1S/C21H35N3O2/c1-5-10-22(15-16-26-4)17-19-6-8-20(9-7-19)21(25)24-13-11-23(12-14-24)18(2)3/h6-9,18H,5,10-17H2,1-4H3. The molecule has 5 heteroatoms. The molecule has 1 aliphatic heterocycles. The van der Waals surface area contributed by atoms with Crippen LogP contribution < -0.4 is 0 Å². The summed E-state index contributed by atoms with van der Waals surface area (Å²) in [5.41, 5.74) is 2.04. The largest absolute Gasteiger partial charge is 0.383 e. The Bertz CT molecular complexity index is 537. The van der Waals surface area contributed by atoms with Crippen LogP contribution in [0.2, 0.25) is 0 Å². The molecule has 0 saturated carbocycles. The van der Waals surface area contributed by atoms with Gasteiger partial charge in [-0.3, -0.25) is 14.6 Å². The number of methoxy groups -OCH3 is 1. The van der Waals surface area contributed by atoms with Crippen LogP contribution in [0, 0.1) is 0 Å². The minimum Gasteiger partial charge on any atom is -0.383 e. The first kappa shape index (κ1) is 20.9. The predicted octanol–water partition coefficient (Wildman–Crippen LogP) is 2.71. The highest BCUT2D eigenvalue weighted by atomic mass is 16.5. The lowest BCUT2D eigenvalue weighted by Crippen LogP contribution is -2.50. The van der Waals surface area contributed by atoms with E-state index in [2.05, 4.69) is 42.7 Å². The van der Waals surface area contributed by atoms with E-state index < -0.39 is 0 Å². The number of hydrogen-bond acceptors (Lipinski definition) is 4. The summed E-state index contributed by atoms with van der Waals surface area (Å²) in [6.07, 6.45) is 1.13. The van der Waals surface area contributed by atoms with Gasteiger partial charge in [0.2, 0.25) is 0 Å². The van der Waals surface area contributed by atoms with Crippen molar-refractivity contribution in [1.82, 2.24) is 14.7 Å². The van der Waals surface area contributed by atoms with Gasteiger partial charge in [-0.1, -0.05) is 19.1 Å². The van der Waals surface area contributed by atoms with Gasteiger partial charge in [0.25, 0.3) is 5.91 Å². The van der Waals surface area contributed by atoms with Gasteiger partial charge in [0.15, 0.2) is 0 Å². The van der Waals surface area contributed by atoms with E-state index in [1.807, 2.05) is 17.0 Å². The highest BCUT2D eigenvalue weighted by Crippen LogP contribution is 2.13. The third-order valence-electron chi connectivity index (χ3n) is 5.09. The van der Waals surface area contributed by atoms with Crippen LogP contribution >= 0.6 is 0 Å². The molecule has 1 fully saturated rings. The fourth-order valence-electron chi connectivity index (χ4n) is 3.44. The fraction of sp³-hybridized carbons (Fsp3) is 0.667. The minimum atomic E-state index is 0.157. The minimum absolute atomic E-state index is 0.157. The Kier molecular flexibility index (Phi) is 8.55. The summed E-state index contributed by atoms with van der Waals surface area (Å²) >= 11 is 0. The lowest BCUT2D eigenvalue weighted by atomic mass is 10.1. The number of hydrogen-bond donors (Lipinski definition) is 0. The second-order valence-corrected chi connectivity index (χ2v) is 7.39. The van der Waals surface area contributed by atoms with Crippen molar-refractivity contribution >= 4 is 5.91 Å². The van der Waals surface area contributed by atoms with E-state index >= 15 is 0 Å². The third kappa shape index (κ3) is 6.08. The van der Waals surface area contributed by atoms with Crippen LogP contribution in [-0.2, 0) is 11.3 Å². The molecule has 1 aliphatic rings. The van der Waals surface area contributed by atoms with E-state index in [1.54, 1.807) is 7.11 Å². The molecule has 1 heterocycles. The van der Waals surface area contributed by atoms with Gasteiger partial charge in [0.05, 0.1) is 6.61 Å². The molecule has 2 rings (SSSR count).